The fourth-order valence-electron chi connectivity index (χ4n) is 3.39. The molecule has 1 aliphatic rings. The third kappa shape index (κ3) is 2.90. The van der Waals surface area contributed by atoms with E-state index < -0.39 is 17.5 Å². The number of ketones is 1. The number of aryl methyl sites for hydroxylation is 2. The second-order valence-electron chi connectivity index (χ2n) is 6.50. The highest BCUT2D eigenvalue weighted by molar-refractivity contribution is 6.30. The van der Waals surface area contributed by atoms with Crippen LogP contribution in [0.4, 0.5) is 4.79 Å². The molecule has 2 N–H and O–H groups in total. The van der Waals surface area contributed by atoms with Crippen molar-refractivity contribution in [3.63, 3.8) is 0 Å². The van der Waals surface area contributed by atoms with E-state index in [2.05, 4.69) is 10.3 Å². The number of aromatic nitrogens is 1. The molecule has 2 aromatic rings. The number of benzene rings is 1. The number of carbonyl (C=O) groups excluding carboxylic acids is 3. The zero-order valence-corrected chi connectivity index (χ0v) is 15.6. The lowest BCUT2D eigenvalue weighted by Gasteiger charge is -2.25. The zero-order valence-electron chi connectivity index (χ0n) is 14.9. The smallest absolute Gasteiger partial charge is 0.325 e. The van der Waals surface area contributed by atoms with Crippen LogP contribution >= 0.6 is 11.6 Å². The number of hydrogen-bond donors (Lipinski definition) is 2. The van der Waals surface area contributed by atoms with E-state index in [9.17, 15) is 14.4 Å². The highest BCUT2D eigenvalue weighted by atomic mass is 35.5. The third-order valence-electron chi connectivity index (χ3n) is 4.79. The number of carbonyl (C=O) groups is 3. The van der Waals surface area contributed by atoms with Gasteiger partial charge in [0, 0.05) is 22.0 Å². The van der Waals surface area contributed by atoms with Crippen LogP contribution in [-0.4, -0.2) is 34.2 Å². The molecule has 1 aliphatic heterocycles. The molecule has 7 heteroatoms. The average molecular weight is 374 g/mol. The molecule has 0 saturated carbocycles. The second kappa shape index (κ2) is 6.61. The Balaban J connectivity index is 1.89. The third-order valence-corrected chi connectivity index (χ3v) is 5.05. The maximum atomic E-state index is 13.1. The van der Waals surface area contributed by atoms with Crippen molar-refractivity contribution < 1.29 is 14.4 Å². The van der Waals surface area contributed by atoms with Gasteiger partial charge in [0.2, 0.25) is 0 Å². The lowest BCUT2D eigenvalue weighted by atomic mass is 9.87. The number of hydrogen-bond acceptors (Lipinski definition) is 3. The summed E-state index contributed by atoms with van der Waals surface area (Å²) in [6.07, 6.45) is 0.367. The fraction of sp³-hybridized carbons (Fsp3) is 0.316. The highest BCUT2D eigenvalue weighted by Crippen LogP contribution is 2.33. The monoisotopic (exact) mass is 373 g/mol. The summed E-state index contributed by atoms with van der Waals surface area (Å²) in [5, 5.41) is 3.31. The van der Waals surface area contributed by atoms with Crippen molar-refractivity contribution in [2.24, 2.45) is 0 Å². The van der Waals surface area contributed by atoms with Crippen molar-refractivity contribution >= 4 is 29.3 Å². The van der Waals surface area contributed by atoms with Crippen LogP contribution in [0.15, 0.2) is 30.3 Å². The molecule has 2 heterocycles. The van der Waals surface area contributed by atoms with Crippen molar-refractivity contribution in [1.29, 1.82) is 0 Å². The second-order valence-corrected chi connectivity index (χ2v) is 6.94. The lowest BCUT2D eigenvalue weighted by molar-refractivity contribution is -0.131. The van der Waals surface area contributed by atoms with Gasteiger partial charge in [0.1, 0.15) is 5.54 Å². The Bertz CT molecular complexity index is 888. The van der Waals surface area contributed by atoms with E-state index in [0.717, 1.165) is 16.3 Å². The first-order valence-electron chi connectivity index (χ1n) is 8.38. The van der Waals surface area contributed by atoms with Gasteiger partial charge in [0.25, 0.3) is 5.91 Å². The number of nitrogens with one attached hydrogen (secondary N) is 2. The largest absolute Gasteiger partial charge is 0.362 e. The average Bonchev–Trinajstić information content (AvgIpc) is 3.06. The Morgan fingerprint density at radius 3 is 2.38 bits per heavy atom. The van der Waals surface area contributed by atoms with Crippen LogP contribution in [0.25, 0.3) is 0 Å². The summed E-state index contributed by atoms with van der Waals surface area (Å²) in [5.41, 5.74) is 1.53. The van der Waals surface area contributed by atoms with Gasteiger partial charge in [-0.1, -0.05) is 30.7 Å². The van der Waals surface area contributed by atoms with E-state index in [1.165, 1.54) is 0 Å². The number of amides is 3. The van der Waals surface area contributed by atoms with E-state index in [0.29, 0.717) is 22.6 Å². The summed E-state index contributed by atoms with van der Waals surface area (Å²) < 4.78 is 0. The molecule has 1 atom stereocenters. The quantitative estimate of drug-likeness (QED) is 0.623. The van der Waals surface area contributed by atoms with Gasteiger partial charge in [-0.15, -0.1) is 0 Å². The Hall–Kier alpha value is -2.60. The molecule has 0 spiro atoms. The minimum Gasteiger partial charge on any atom is -0.362 e. The molecule has 3 rings (SSSR count). The molecule has 1 saturated heterocycles. The van der Waals surface area contributed by atoms with E-state index >= 15 is 0 Å². The minimum absolute atomic E-state index is 0.279. The van der Waals surface area contributed by atoms with Crippen molar-refractivity contribution in [2.45, 2.75) is 32.7 Å². The summed E-state index contributed by atoms with van der Waals surface area (Å²) in [5.74, 6) is -0.705. The van der Waals surface area contributed by atoms with Crippen LogP contribution in [0.2, 0.25) is 5.02 Å². The number of rotatable bonds is 5. The molecule has 0 radical (unpaired) electrons. The summed E-state index contributed by atoms with van der Waals surface area (Å²) in [6, 6.07) is 7.94. The van der Waals surface area contributed by atoms with Gasteiger partial charge in [-0.2, -0.15) is 0 Å². The van der Waals surface area contributed by atoms with E-state index in [1.54, 1.807) is 37.3 Å². The number of halogens is 1. The molecule has 26 heavy (non-hydrogen) atoms. The molecule has 0 unspecified atom stereocenters. The molecule has 1 aromatic heterocycles. The molecular formula is C19H20ClN3O3. The van der Waals surface area contributed by atoms with Gasteiger partial charge in [-0.3, -0.25) is 14.5 Å². The van der Waals surface area contributed by atoms with Crippen LogP contribution in [-0.2, 0) is 10.3 Å². The van der Waals surface area contributed by atoms with Gasteiger partial charge < -0.3 is 10.3 Å². The lowest BCUT2D eigenvalue weighted by Crippen LogP contribution is -2.43. The van der Waals surface area contributed by atoms with Crippen LogP contribution in [0, 0.1) is 13.8 Å². The van der Waals surface area contributed by atoms with E-state index in [4.69, 9.17) is 11.6 Å². The highest BCUT2D eigenvalue weighted by Gasteiger charge is 2.51. The predicted octanol–water partition coefficient (Wildman–Crippen LogP) is 3.32. The van der Waals surface area contributed by atoms with Crippen molar-refractivity contribution in [3.05, 3.63) is 57.9 Å². The first-order chi connectivity index (χ1) is 12.3. The molecule has 6 nitrogen and oxygen atoms in total. The van der Waals surface area contributed by atoms with Gasteiger partial charge >= 0.3 is 6.03 Å². The Kier molecular flexibility index (Phi) is 4.63. The van der Waals surface area contributed by atoms with Gasteiger partial charge in [-0.25, -0.2) is 4.79 Å². The summed E-state index contributed by atoms with van der Waals surface area (Å²) >= 11 is 5.92. The first-order valence-corrected chi connectivity index (χ1v) is 8.76. The maximum absolute atomic E-state index is 13.1. The van der Waals surface area contributed by atoms with Crippen molar-refractivity contribution in [3.8, 4) is 0 Å². The predicted molar refractivity (Wildman–Crippen MR) is 98.3 cm³/mol. The number of H-pyrrole nitrogens is 1. The van der Waals surface area contributed by atoms with Gasteiger partial charge in [-0.05, 0) is 44.0 Å². The number of Topliss-reactive ketones (excluding diaryl/α,β-unsaturated/α-hetero) is 1. The number of imide groups is 1. The van der Waals surface area contributed by atoms with E-state index in [1.807, 2.05) is 13.8 Å². The zero-order chi connectivity index (χ0) is 19.1. The van der Waals surface area contributed by atoms with Crippen LogP contribution in [0.5, 0.6) is 0 Å². The van der Waals surface area contributed by atoms with Crippen molar-refractivity contribution in [2.75, 3.05) is 6.54 Å². The number of urea groups is 1. The molecule has 3 amide bonds. The van der Waals surface area contributed by atoms with Crippen LogP contribution in [0.3, 0.4) is 0 Å². The Morgan fingerprint density at radius 2 is 1.85 bits per heavy atom. The van der Waals surface area contributed by atoms with Crippen LogP contribution < -0.4 is 5.32 Å². The molecule has 1 aromatic carbocycles. The molecule has 0 bridgehead atoms. The molecule has 1 fully saturated rings. The fourth-order valence-corrected chi connectivity index (χ4v) is 3.51. The standard InChI is InChI=1S/C19H20ClN3O3/c1-4-19(13-5-7-14(20)8-6-13)17(25)23(18(26)22-19)10-16(24)15-9-11(2)21-12(15)3/h5-9,21H,4,10H2,1-3H3,(H,22,26)/t19-/m1/s1. The molecular weight excluding hydrogens is 354 g/mol. The molecule has 0 aliphatic carbocycles. The van der Waals surface area contributed by atoms with Crippen molar-refractivity contribution in [1.82, 2.24) is 15.2 Å². The summed E-state index contributed by atoms with van der Waals surface area (Å²) in [6.45, 7) is 5.16. The summed E-state index contributed by atoms with van der Waals surface area (Å²) in [7, 11) is 0. The van der Waals surface area contributed by atoms with Crippen LogP contribution in [0.1, 0.15) is 40.7 Å². The topological polar surface area (TPSA) is 82.3 Å². The number of nitrogens with zero attached hydrogens (tertiary/aromatic N) is 1. The maximum Gasteiger partial charge on any atom is 0.325 e. The Morgan fingerprint density at radius 1 is 1.19 bits per heavy atom. The van der Waals surface area contributed by atoms with Gasteiger partial charge in [0.15, 0.2) is 5.78 Å². The van der Waals surface area contributed by atoms with Gasteiger partial charge in [0.05, 0.1) is 6.54 Å². The summed E-state index contributed by atoms with van der Waals surface area (Å²) in [4.78, 5) is 42.2. The number of aromatic amines is 1. The first kappa shape index (κ1) is 18.2. The SMILES string of the molecule is CC[C@]1(c2ccc(Cl)cc2)NC(=O)N(CC(=O)c2cc(C)[nH]c2C)C1=O. The Labute approximate surface area is 156 Å². The minimum atomic E-state index is -1.18. The molecule has 136 valence electrons. The normalized spacial score (nSPS) is 19.8. The van der Waals surface area contributed by atoms with E-state index in [-0.39, 0.29) is 12.3 Å².